The van der Waals surface area contributed by atoms with Crippen LogP contribution in [-0.4, -0.2) is 72.8 Å². The molecule has 27 heavy (non-hydrogen) atoms. The minimum Gasteiger partial charge on any atom is -0.379 e. The third kappa shape index (κ3) is 4.12. The van der Waals surface area contributed by atoms with Crippen molar-refractivity contribution in [1.82, 2.24) is 20.1 Å². The van der Waals surface area contributed by atoms with Crippen molar-refractivity contribution in [1.29, 1.82) is 0 Å². The van der Waals surface area contributed by atoms with E-state index in [0.717, 1.165) is 58.7 Å². The molecule has 146 valence electrons. The number of aryl methyl sites for hydroxylation is 1. The molecule has 1 atom stereocenters. The van der Waals surface area contributed by atoms with Gasteiger partial charge in [0.2, 0.25) is 0 Å². The number of H-pyrrole nitrogens is 1. The smallest absolute Gasteiger partial charge is 0.317 e. The predicted molar refractivity (Wildman–Crippen MR) is 107 cm³/mol. The van der Waals surface area contributed by atoms with Crippen molar-refractivity contribution in [2.45, 2.75) is 32.2 Å². The monoisotopic (exact) mass is 370 g/mol. The number of morpholine rings is 1. The third-order valence-electron chi connectivity index (χ3n) is 5.89. The summed E-state index contributed by atoms with van der Waals surface area (Å²) in [6, 6.07) is 8.78. The highest BCUT2D eigenvalue weighted by molar-refractivity contribution is 5.84. The standard InChI is InChI=1S/C21H30N4O2/c1-16-18(19-6-2-3-7-20(19)23-16)8-9-22-21(26)25-10-4-5-17(25)15-24-11-13-27-14-12-24/h2-3,6-7,17,23H,4-5,8-15H2,1H3,(H,22,26). The number of hydrogen-bond donors (Lipinski definition) is 2. The second-order valence-corrected chi connectivity index (χ2v) is 7.66. The predicted octanol–water partition coefficient (Wildman–Crippen LogP) is 2.53. The van der Waals surface area contributed by atoms with E-state index >= 15 is 0 Å². The summed E-state index contributed by atoms with van der Waals surface area (Å²) >= 11 is 0. The van der Waals surface area contributed by atoms with Crippen LogP contribution in [-0.2, 0) is 11.2 Å². The molecule has 4 rings (SSSR count). The fourth-order valence-corrected chi connectivity index (χ4v) is 4.43. The number of nitrogens with zero attached hydrogens (tertiary/aromatic N) is 2. The Hall–Kier alpha value is -2.05. The summed E-state index contributed by atoms with van der Waals surface area (Å²) in [5, 5.41) is 4.41. The number of para-hydroxylation sites is 1. The van der Waals surface area contributed by atoms with Gasteiger partial charge in [-0.05, 0) is 37.8 Å². The van der Waals surface area contributed by atoms with Crippen molar-refractivity contribution in [2.24, 2.45) is 0 Å². The summed E-state index contributed by atoms with van der Waals surface area (Å²) in [6.07, 6.45) is 3.06. The Bertz CT molecular complexity index is 782. The Morgan fingerprint density at radius 1 is 1.26 bits per heavy atom. The lowest BCUT2D eigenvalue weighted by Crippen LogP contribution is -2.49. The molecule has 0 bridgehead atoms. The molecule has 0 radical (unpaired) electrons. The van der Waals surface area contributed by atoms with Crippen LogP contribution in [0.1, 0.15) is 24.1 Å². The number of carbonyl (C=O) groups excluding carboxylic acids is 1. The van der Waals surface area contributed by atoms with Gasteiger partial charge in [-0.1, -0.05) is 18.2 Å². The van der Waals surface area contributed by atoms with Crippen molar-refractivity contribution >= 4 is 16.9 Å². The second kappa shape index (κ2) is 8.31. The number of nitrogens with one attached hydrogen (secondary N) is 2. The molecule has 1 aromatic carbocycles. The largest absolute Gasteiger partial charge is 0.379 e. The lowest BCUT2D eigenvalue weighted by molar-refractivity contribution is 0.0292. The Labute approximate surface area is 160 Å². The Balaban J connectivity index is 1.31. The number of aromatic amines is 1. The van der Waals surface area contributed by atoms with E-state index in [1.54, 1.807) is 0 Å². The first-order chi connectivity index (χ1) is 13.2. The second-order valence-electron chi connectivity index (χ2n) is 7.66. The van der Waals surface area contributed by atoms with E-state index in [2.05, 4.69) is 40.3 Å². The molecule has 2 aliphatic rings. The zero-order chi connectivity index (χ0) is 18.6. The van der Waals surface area contributed by atoms with Crippen LogP contribution in [0.25, 0.3) is 10.9 Å². The number of carbonyl (C=O) groups is 1. The van der Waals surface area contributed by atoms with E-state index in [4.69, 9.17) is 4.74 Å². The van der Waals surface area contributed by atoms with Crippen molar-refractivity contribution in [3.05, 3.63) is 35.5 Å². The van der Waals surface area contributed by atoms with Gasteiger partial charge in [0.15, 0.2) is 0 Å². The summed E-state index contributed by atoms with van der Waals surface area (Å²) in [5.41, 5.74) is 3.66. The minimum atomic E-state index is 0.0863. The van der Waals surface area contributed by atoms with Gasteiger partial charge in [0, 0.05) is 55.4 Å². The van der Waals surface area contributed by atoms with Gasteiger partial charge in [-0.2, -0.15) is 0 Å². The molecule has 6 nitrogen and oxygen atoms in total. The number of ether oxygens (including phenoxy) is 1. The van der Waals surface area contributed by atoms with Gasteiger partial charge in [-0.15, -0.1) is 0 Å². The SMILES string of the molecule is Cc1[nH]c2ccccc2c1CCNC(=O)N1CCCC1CN1CCOCC1. The van der Waals surface area contributed by atoms with Gasteiger partial charge in [0.05, 0.1) is 13.2 Å². The van der Waals surface area contributed by atoms with Crippen molar-refractivity contribution in [3.63, 3.8) is 0 Å². The van der Waals surface area contributed by atoms with Gasteiger partial charge in [0.25, 0.3) is 0 Å². The summed E-state index contributed by atoms with van der Waals surface area (Å²) in [4.78, 5) is 20.6. The van der Waals surface area contributed by atoms with E-state index in [-0.39, 0.29) is 6.03 Å². The third-order valence-corrected chi connectivity index (χ3v) is 5.89. The first-order valence-electron chi connectivity index (χ1n) is 10.1. The summed E-state index contributed by atoms with van der Waals surface area (Å²) in [6.45, 7) is 8.19. The fourth-order valence-electron chi connectivity index (χ4n) is 4.43. The van der Waals surface area contributed by atoms with Crippen LogP contribution in [0.15, 0.2) is 24.3 Å². The normalized spacial score (nSPS) is 21.1. The average Bonchev–Trinajstić information content (AvgIpc) is 3.27. The maximum atomic E-state index is 12.7. The molecular formula is C21H30N4O2. The van der Waals surface area contributed by atoms with Crippen molar-refractivity contribution in [2.75, 3.05) is 45.9 Å². The van der Waals surface area contributed by atoms with E-state index < -0.39 is 0 Å². The lowest BCUT2D eigenvalue weighted by Gasteiger charge is -2.33. The van der Waals surface area contributed by atoms with Crippen LogP contribution in [0.2, 0.25) is 0 Å². The van der Waals surface area contributed by atoms with E-state index in [1.165, 1.54) is 22.2 Å². The maximum absolute atomic E-state index is 12.7. The average molecular weight is 370 g/mol. The molecule has 2 aromatic rings. The Morgan fingerprint density at radius 3 is 2.93 bits per heavy atom. The van der Waals surface area contributed by atoms with Crippen LogP contribution in [0.4, 0.5) is 4.79 Å². The highest BCUT2D eigenvalue weighted by Crippen LogP contribution is 2.22. The summed E-state index contributed by atoms with van der Waals surface area (Å²) in [5.74, 6) is 0. The number of hydrogen-bond acceptors (Lipinski definition) is 3. The summed E-state index contributed by atoms with van der Waals surface area (Å²) < 4.78 is 5.43. The number of fused-ring (bicyclic) bond motifs is 1. The van der Waals surface area contributed by atoms with Gasteiger partial charge in [-0.3, -0.25) is 4.90 Å². The molecule has 0 aliphatic carbocycles. The first-order valence-corrected chi connectivity index (χ1v) is 10.1. The van der Waals surface area contributed by atoms with Crippen LogP contribution < -0.4 is 5.32 Å². The molecule has 2 aliphatic heterocycles. The quantitative estimate of drug-likeness (QED) is 0.850. The molecule has 1 unspecified atom stereocenters. The topological polar surface area (TPSA) is 60.6 Å². The number of amides is 2. The zero-order valence-corrected chi connectivity index (χ0v) is 16.2. The van der Waals surface area contributed by atoms with Gasteiger partial charge >= 0.3 is 6.03 Å². The summed E-state index contributed by atoms with van der Waals surface area (Å²) in [7, 11) is 0. The molecule has 0 saturated carbocycles. The number of urea groups is 1. The van der Waals surface area contributed by atoms with Gasteiger partial charge in [0.1, 0.15) is 0 Å². The molecule has 2 N–H and O–H groups in total. The minimum absolute atomic E-state index is 0.0863. The molecule has 1 aromatic heterocycles. The molecule has 3 heterocycles. The van der Waals surface area contributed by atoms with Gasteiger partial charge in [-0.25, -0.2) is 4.79 Å². The van der Waals surface area contributed by atoms with E-state index in [0.29, 0.717) is 12.6 Å². The van der Waals surface area contributed by atoms with Gasteiger partial charge < -0.3 is 19.9 Å². The highest BCUT2D eigenvalue weighted by atomic mass is 16.5. The van der Waals surface area contributed by atoms with E-state index in [9.17, 15) is 4.79 Å². The van der Waals surface area contributed by atoms with Crippen LogP contribution >= 0.6 is 0 Å². The zero-order valence-electron chi connectivity index (χ0n) is 16.2. The maximum Gasteiger partial charge on any atom is 0.317 e. The van der Waals surface area contributed by atoms with E-state index in [1.807, 2.05) is 11.0 Å². The van der Waals surface area contributed by atoms with Crippen molar-refractivity contribution in [3.8, 4) is 0 Å². The number of benzene rings is 1. The fraction of sp³-hybridized carbons (Fsp3) is 0.571. The first kappa shape index (κ1) is 18.3. The molecule has 6 heteroatoms. The Kier molecular flexibility index (Phi) is 5.64. The number of aromatic nitrogens is 1. The Morgan fingerprint density at radius 2 is 2.07 bits per heavy atom. The van der Waals surface area contributed by atoms with Crippen LogP contribution in [0, 0.1) is 6.92 Å². The number of likely N-dealkylation sites (tertiary alicyclic amines) is 1. The van der Waals surface area contributed by atoms with Crippen LogP contribution in [0.5, 0.6) is 0 Å². The van der Waals surface area contributed by atoms with Crippen molar-refractivity contribution < 1.29 is 9.53 Å². The molecule has 2 saturated heterocycles. The molecule has 2 amide bonds. The highest BCUT2D eigenvalue weighted by Gasteiger charge is 2.30. The van der Waals surface area contributed by atoms with Crippen LogP contribution in [0.3, 0.4) is 0 Å². The lowest BCUT2D eigenvalue weighted by atomic mass is 10.1. The molecule has 2 fully saturated rings. The number of rotatable bonds is 5. The molecule has 0 spiro atoms. The molecular weight excluding hydrogens is 340 g/mol.